The van der Waals surface area contributed by atoms with Crippen molar-refractivity contribution >= 4 is 25.7 Å². The molecule has 11 nitrogen and oxygen atoms in total. The predicted octanol–water partition coefficient (Wildman–Crippen LogP) is 17.5. The van der Waals surface area contributed by atoms with Gasteiger partial charge in [-0.05, 0) is 135 Å². The Bertz CT molecular complexity index is 1960. The van der Waals surface area contributed by atoms with Crippen molar-refractivity contribution < 1.29 is 52.2 Å². The topological polar surface area (TPSA) is 155 Å². The van der Waals surface area contributed by atoms with Crippen LogP contribution in [0.15, 0.2) is 170 Å². The summed E-state index contributed by atoms with van der Waals surface area (Å²) >= 11 is 0. The van der Waals surface area contributed by atoms with E-state index in [1.807, 2.05) is 12.2 Å². The van der Waals surface area contributed by atoms with E-state index < -0.39 is 64.4 Å². The van der Waals surface area contributed by atoms with Gasteiger partial charge in [-0.15, -0.1) is 0 Å². The quantitative estimate of drug-likeness (QED) is 0.0197. The zero-order chi connectivity index (χ0) is 56.9. The van der Waals surface area contributed by atoms with Crippen molar-refractivity contribution in [2.24, 2.45) is 0 Å². The third-order valence-corrected chi connectivity index (χ3v) is 12.1. The molecule has 2 N–H and O–H groups in total. The van der Waals surface area contributed by atoms with E-state index in [9.17, 15) is 28.9 Å². The van der Waals surface area contributed by atoms with Crippen LogP contribution in [0.1, 0.15) is 188 Å². The number of carbonyl (C=O) groups excluding carboxylic acids is 3. The lowest BCUT2D eigenvalue weighted by Gasteiger charge is -2.21. The molecular weight excluding hydrogens is 1000 g/mol. The van der Waals surface area contributed by atoms with Crippen LogP contribution in [-0.4, -0.2) is 66.5 Å². The zero-order valence-corrected chi connectivity index (χ0v) is 48.9. The van der Waals surface area contributed by atoms with Crippen molar-refractivity contribution in [3.05, 3.63) is 170 Å². The Hall–Kier alpha value is -5.16. The minimum Gasteiger partial charge on any atom is -0.462 e. The molecule has 0 aliphatic heterocycles. The van der Waals surface area contributed by atoms with Crippen LogP contribution in [-0.2, 0) is 42.2 Å². The molecule has 0 heterocycles. The summed E-state index contributed by atoms with van der Waals surface area (Å²) in [6.07, 6.45) is 77.6. The fourth-order valence-electron chi connectivity index (χ4n) is 6.83. The van der Waals surface area contributed by atoms with Gasteiger partial charge < -0.3 is 24.2 Å². The summed E-state index contributed by atoms with van der Waals surface area (Å²) in [6, 6.07) is 0. The molecule has 0 amide bonds. The number of phosphoric ester groups is 1. The van der Waals surface area contributed by atoms with Crippen LogP contribution < -0.4 is 0 Å². The Morgan fingerprint density at radius 3 is 1.05 bits per heavy atom. The normalized spacial score (nSPS) is 14.6. The molecular formula is C66H101O11P. The fourth-order valence-corrected chi connectivity index (χ4v) is 7.62. The summed E-state index contributed by atoms with van der Waals surface area (Å²) in [5, 5.41) is 9.81. The number of aliphatic hydroxyl groups excluding tert-OH is 1. The summed E-state index contributed by atoms with van der Waals surface area (Å²) in [5.41, 5.74) is 0. The Labute approximate surface area is 472 Å². The van der Waals surface area contributed by atoms with Crippen LogP contribution in [0, 0.1) is 0 Å². The molecule has 0 fully saturated rings. The molecule has 3 unspecified atom stereocenters. The molecule has 436 valence electrons. The van der Waals surface area contributed by atoms with E-state index in [1.54, 1.807) is 0 Å². The lowest BCUT2D eigenvalue weighted by molar-refractivity contribution is -0.161. The van der Waals surface area contributed by atoms with E-state index in [2.05, 4.69) is 179 Å². The second kappa shape index (κ2) is 58.0. The van der Waals surface area contributed by atoms with Gasteiger partial charge in [-0.3, -0.25) is 23.4 Å². The van der Waals surface area contributed by atoms with Gasteiger partial charge in [0.2, 0.25) is 0 Å². The molecule has 0 spiro atoms. The average Bonchev–Trinajstić information content (AvgIpc) is 3.43. The highest BCUT2D eigenvalue weighted by Crippen LogP contribution is 2.43. The molecule has 0 aromatic carbocycles. The van der Waals surface area contributed by atoms with Crippen LogP contribution in [0.3, 0.4) is 0 Å². The van der Waals surface area contributed by atoms with Gasteiger partial charge in [0, 0.05) is 19.3 Å². The van der Waals surface area contributed by atoms with Crippen molar-refractivity contribution in [1.29, 1.82) is 0 Å². The Balaban J connectivity index is 4.96. The summed E-state index contributed by atoms with van der Waals surface area (Å²) in [4.78, 5) is 48.5. The van der Waals surface area contributed by atoms with Gasteiger partial charge in [0.05, 0.1) is 19.8 Å². The smallest absolute Gasteiger partial charge is 0.462 e. The molecule has 0 rings (SSSR count). The molecule has 0 aromatic heterocycles. The van der Waals surface area contributed by atoms with Gasteiger partial charge in [0.15, 0.2) is 6.10 Å². The molecule has 0 saturated carbocycles. The summed E-state index contributed by atoms with van der Waals surface area (Å²) in [5.74, 6) is -1.67. The van der Waals surface area contributed by atoms with Crippen molar-refractivity contribution in [1.82, 2.24) is 0 Å². The van der Waals surface area contributed by atoms with E-state index in [0.29, 0.717) is 25.7 Å². The average molecular weight is 1100 g/mol. The molecule has 78 heavy (non-hydrogen) atoms. The zero-order valence-electron chi connectivity index (χ0n) is 48.0. The summed E-state index contributed by atoms with van der Waals surface area (Å²) < 4.78 is 39.4. The van der Waals surface area contributed by atoms with Crippen LogP contribution in [0.4, 0.5) is 0 Å². The van der Waals surface area contributed by atoms with Crippen molar-refractivity contribution in [2.45, 2.75) is 200 Å². The number of aliphatic hydroxyl groups is 1. The molecule has 0 aromatic rings. The number of esters is 3. The summed E-state index contributed by atoms with van der Waals surface area (Å²) in [6.45, 7) is 4.11. The molecule has 3 atom stereocenters. The van der Waals surface area contributed by atoms with E-state index in [0.717, 1.165) is 122 Å². The molecule has 0 saturated heterocycles. The Kier molecular flexibility index (Phi) is 54.2. The Morgan fingerprint density at radius 1 is 0.359 bits per heavy atom. The van der Waals surface area contributed by atoms with Gasteiger partial charge in [0.1, 0.15) is 12.7 Å². The maximum atomic E-state index is 12.9. The molecule has 0 bridgehead atoms. The second-order valence-electron chi connectivity index (χ2n) is 18.3. The van der Waals surface area contributed by atoms with Crippen molar-refractivity contribution in [3.8, 4) is 0 Å². The largest absolute Gasteiger partial charge is 0.472 e. The first-order valence-corrected chi connectivity index (χ1v) is 30.5. The fraction of sp³-hybridized carbons (Fsp3) is 0.530. The number of phosphoric acid groups is 1. The van der Waals surface area contributed by atoms with Gasteiger partial charge in [-0.25, -0.2) is 4.57 Å². The van der Waals surface area contributed by atoms with Gasteiger partial charge >= 0.3 is 25.7 Å². The molecule has 12 heteroatoms. The van der Waals surface area contributed by atoms with E-state index in [1.165, 1.54) is 0 Å². The lowest BCUT2D eigenvalue weighted by Crippen LogP contribution is -2.30. The predicted molar refractivity (Wildman–Crippen MR) is 325 cm³/mol. The van der Waals surface area contributed by atoms with Crippen molar-refractivity contribution in [2.75, 3.05) is 26.4 Å². The SMILES string of the molecule is CC/C=C\C/C=C\C/C=C\C/C=C\C/C=C\C/C=C\CCC(=O)OC(COC(=O)CCCCCC/C=C\C/C=C\C/C=C\C/C=C\CC)COP(=O)(O)OCC(CO)OC(=O)CCCC/C=C\C/C=C\C/C=C\C/C=C\CC. The monoisotopic (exact) mass is 1100 g/mol. The first-order valence-electron chi connectivity index (χ1n) is 29.0. The highest BCUT2D eigenvalue weighted by molar-refractivity contribution is 7.47. The lowest BCUT2D eigenvalue weighted by atomic mass is 10.1. The first-order chi connectivity index (χ1) is 38.2. The Morgan fingerprint density at radius 2 is 0.654 bits per heavy atom. The number of ether oxygens (including phenoxy) is 3. The highest BCUT2D eigenvalue weighted by Gasteiger charge is 2.28. The third kappa shape index (κ3) is 55.6. The van der Waals surface area contributed by atoms with Crippen LogP contribution in [0.2, 0.25) is 0 Å². The minimum atomic E-state index is -4.80. The van der Waals surface area contributed by atoms with Crippen molar-refractivity contribution in [3.63, 3.8) is 0 Å². The molecule has 0 radical (unpaired) electrons. The molecule has 0 aliphatic rings. The maximum absolute atomic E-state index is 12.9. The number of hydrogen-bond acceptors (Lipinski definition) is 10. The number of rotatable bonds is 51. The third-order valence-electron chi connectivity index (χ3n) is 11.1. The van der Waals surface area contributed by atoms with E-state index >= 15 is 0 Å². The highest BCUT2D eigenvalue weighted by atomic mass is 31.2. The van der Waals surface area contributed by atoms with Gasteiger partial charge in [-0.2, -0.15) is 0 Å². The van der Waals surface area contributed by atoms with Crippen LogP contribution in [0.25, 0.3) is 0 Å². The molecule has 0 aliphatic carbocycles. The van der Waals surface area contributed by atoms with Crippen LogP contribution >= 0.6 is 7.82 Å². The number of allylic oxidation sites excluding steroid dienone is 28. The van der Waals surface area contributed by atoms with Gasteiger partial charge in [0.25, 0.3) is 0 Å². The minimum absolute atomic E-state index is 0.0226. The first kappa shape index (κ1) is 72.8. The van der Waals surface area contributed by atoms with Gasteiger partial charge in [-0.1, -0.05) is 204 Å². The standard InChI is InChI=1S/C66H101O11P/c1-4-7-10-13-16-19-22-25-28-30-31-33-36-39-42-45-48-51-54-57-66(70)77-63(59-73-64(68)55-52-49-46-43-40-37-35-32-29-26-23-20-17-14-11-8-5-2)61-75-78(71,72)74-60-62(58-67)76-65(69)56-53-50-47-44-41-38-34-27-24-21-18-15-12-9-6-3/h7-12,16-21,25-29,31,33-35,37,39,41-42,44,48,51,62-63,67H,4-6,13-15,22-24,30,32,36,38,40,43,45-47,49-50,52-61H2,1-3H3,(H,71,72)/b10-7-,11-8-,12-9-,19-16-,20-17-,21-18-,28-25-,29-26-,33-31-,34-27-,37-35-,42-39-,44-41-,51-48-. The van der Waals surface area contributed by atoms with Crippen LogP contribution in [0.5, 0.6) is 0 Å². The van der Waals surface area contributed by atoms with E-state index in [-0.39, 0.29) is 19.3 Å². The maximum Gasteiger partial charge on any atom is 0.472 e. The second-order valence-corrected chi connectivity index (χ2v) is 19.8. The number of carbonyl (C=O) groups is 3. The van der Waals surface area contributed by atoms with E-state index in [4.69, 9.17) is 23.3 Å². The number of hydrogen-bond donors (Lipinski definition) is 2. The summed E-state index contributed by atoms with van der Waals surface area (Å²) in [7, 11) is -4.80. The number of unbranched alkanes of at least 4 members (excludes halogenated alkanes) is 6.